The lowest BCUT2D eigenvalue weighted by Gasteiger charge is -2.18. The van der Waals surface area contributed by atoms with Gasteiger partial charge in [-0.05, 0) is 38.5 Å². The third-order valence-corrected chi connectivity index (χ3v) is 3.34. The highest BCUT2D eigenvalue weighted by Gasteiger charge is 2.19. The van der Waals surface area contributed by atoms with Crippen LogP contribution < -0.4 is 25.4 Å². The molecule has 0 spiro atoms. The molecule has 2 atom stereocenters. The molecular weight excluding hydrogens is 286 g/mol. The minimum absolute atomic E-state index is 0.213. The van der Waals surface area contributed by atoms with Crippen LogP contribution in [0.25, 0.3) is 0 Å². The number of urea groups is 1. The Morgan fingerprint density at radius 2 is 1.91 bits per heavy atom. The number of amides is 3. The Hall–Kier alpha value is -2.44. The Labute approximate surface area is 129 Å². The number of fused-ring (bicyclic) bond motifs is 1. The first-order chi connectivity index (χ1) is 10.5. The Balaban J connectivity index is 1.90. The molecule has 0 saturated carbocycles. The SMILES string of the molecule is CCNC(=O)C(C)NC(=O)NC(C)c1ccc2c(c1)OCO2. The average Bonchev–Trinajstić information content (AvgIpc) is 2.94. The van der Waals surface area contributed by atoms with E-state index < -0.39 is 12.1 Å². The van der Waals surface area contributed by atoms with Gasteiger partial charge in [-0.1, -0.05) is 6.07 Å². The van der Waals surface area contributed by atoms with E-state index in [1.807, 2.05) is 32.0 Å². The smallest absolute Gasteiger partial charge is 0.315 e. The van der Waals surface area contributed by atoms with Crippen LogP contribution in [0.15, 0.2) is 18.2 Å². The molecule has 0 saturated heterocycles. The molecule has 7 nitrogen and oxygen atoms in total. The van der Waals surface area contributed by atoms with Gasteiger partial charge in [-0.25, -0.2) is 4.79 Å². The Bertz CT molecular complexity index is 562. The van der Waals surface area contributed by atoms with Gasteiger partial charge in [0.05, 0.1) is 6.04 Å². The highest BCUT2D eigenvalue weighted by Crippen LogP contribution is 2.34. The number of hydrogen-bond acceptors (Lipinski definition) is 4. The van der Waals surface area contributed by atoms with Gasteiger partial charge < -0.3 is 25.4 Å². The summed E-state index contributed by atoms with van der Waals surface area (Å²) < 4.78 is 10.6. The quantitative estimate of drug-likeness (QED) is 0.765. The van der Waals surface area contributed by atoms with Crippen LogP contribution in [0.1, 0.15) is 32.4 Å². The summed E-state index contributed by atoms with van der Waals surface area (Å²) in [4.78, 5) is 23.5. The Morgan fingerprint density at radius 3 is 2.64 bits per heavy atom. The Morgan fingerprint density at radius 1 is 1.18 bits per heavy atom. The summed E-state index contributed by atoms with van der Waals surface area (Å²) in [5.41, 5.74) is 0.894. The molecular formula is C15H21N3O4. The van der Waals surface area contributed by atoms with Crippen LogP contribution in [0.3, 0.4) is 0 Å². The average molecular weight is 307 g/mol. The van der Waals surface area contributed by atoms with Crippen molar-refractivity contribution in [2.75, 3.05) is 13.3 Å². The predicted molar refractivity (Wildman–Crippen MR) is 80.8 cm³/mol. The molecule has 1 aromatic carbocycles. The summed E-state index contributed by atoms with van der Waals surface area (Å²) in [5, 5.41) is 8.04. The van der Waals surface area contributed by atoms with E-state index in [9.17, 15) is 9.59 Å². The van der Waals surface area contributed by atoms with E-state index in [4.69, 9.17) is 9.47 Å². The highest BCUT2D eigenvalue weighted by molar-refractivity contribution is 5.86. The van der Waals surface area contributed by atoms with Crippen molar-refractivity contribution in [3.05, 3.63) is 23.8 Å². The monoisotopic (exact) mass is 307 g/mol. The zero-order valence-electron chi connectivity index (χ0n) is 12.9. The summed E-state index contributed by atoms with van der Waals surface area (Å²) in [6.07, 6.45) is 0. The first kappa shape index (κ1) is 15.9. The van der Waals surface area contributed by atoms with Crippen molar-refractivity contribution in [2.45, 2.75) is 32.9 Å². The van der Waals surface area contributed by atoms with Gasteiger partial charge in [0.25, 0.3) is 0 Å². The van der Waals surface area contributed by atoms with Crippen LogP contribution >= 0.6 is 0 Å². The van der Waals surface area contributed by atoms with Gasteiger partial charge in [-0.15, -0.1) is 0 Å². The Kier molecular flexibility index (Phi) is 5.08. The van der Waals surface area contributed by atoms with Crippen LogP contribution in [0.5, 0.6) is 11.5 Å². The molecule has 22 heavy (non-hydrogen) atoms. The fourth-order valence-corrected chi connectivity index (χ4v) is 2.09. The standard InChI is InChI=1S/C15H21N3O4/c1-4-16-14(19)10(3)18-15(20)17-9(2)11-5-6-12-13(7-11)22-8-21-12/h5-7,9-10H,4,8H2,1-3H3,(H,16,19)(H2,17,18,20). The largest absolute Gasteiger partial charge is 0.454 e. The molecule has 0 radical (unpaired) electrons. The minimum Gasteiger partial charge on any atom is -0.454 e. The van der Waals surface area contributed by atoms with Crippen molar-refractivity contribution in [1.29, 1.82) is 0 Å². The molecule has 3 N–H and O–H groups in total. The summed E-state index contributed by atoms with van der Waals surface area (Å²) in [6.45, 7) is 6.06. The molecule has 0 fully saturated rings. The number of rotatable bonds is 5. The van der Waals surface area contributed by atoms with Crippen molar-refractivity contribution < 1.29 is 19.1 Å². The second kappa shape index (κ2) is 7.02. The maximum Gasteiger partial charge on any atom is 0.315 e. The van der Waals surface area contributed by atoms with Crippen molar-refractivity contribution in [1.82, 2.24) is 16.0 Å². The topological polar surface area (TPSA) is 88.7 Å². The van der Waals surface area contributed by atoms with E-state index in [0.717, 1.165) is 5.56 Å². The molecule has 1 aliphatic heterocycles. The van der Waals surface area contributed by atoms with Gasteiger partial charge in [-0.3, -0.25) is 4.79 Å². The van der Waals surface area contributed by atoms with Gasteiger partial charge in [0, 0.05) is 6.54 Å². The van der Waals surface area contributed by atoms with E-state index in [2.05, 4.69) is 16.0 Å². The molecule has 7 heteroatoms. The fraction of sp³-hybridized carbons (Fsp3) is 0.467. The molecule has 1 aromatic rings. The number of ether oxygens (including phenoxy) is 2. The van der Waals surface area contributed by atoms with E-state index >= 15 is 0 Å². The number of nitrogens with one attached hydrogen (secondary N) is 3. The van der Waals surface area contributed by atoms with E-state index in [1.165, 1.54) is 0 Å². The number of carbonyl (C=O) groups is 2. The van der Waals surface area contributed by atoms with Gasteiger partial charge >= 0.3 is 6.03 Å². The van der Waals surface area contributed by atoms with Gasteiger partial charge in [0.1, 0.15) is 6.04 Å². The maximum absolute atomic E-state index is 11.9. The molecule has 3 amide bonds. The van der Waals surface area contributed by atoms with E-state index in [0.29, 0.717) is 18.0 Å². The van der Waals surface area contributed by atoms with Crippen molar-refractivity contribution in [3.8, 4) is 11.5 Å². The van der Waals surface area contributed by atoms with Crippen molar-refractivity contribution in [2.24, 2.45) is 0 Å². The highest BCUT2D eigenvalue weighted by atomic mass is 16.7. The van der Waals surface area contributed by atoms with Crippen LogP contribution in [0.2, 0.25) is 0 Å². The minimum atomic E-state index is -0.594. The molecule has 0 bridgehead atoms. The number of carbonyl (C=O) groups excluding carboxylic acids is 2. The van der Waals surface area contributed by atoms with Crippen LogP contribution in [-0.4, -0.2) is 31.3 Å². The van der Waals surface area contributed by atoms with E-state index in [1.54, 1.807) is 6.92 Å². The van der Waals surface area contributed by atoms with Gasteiger partial charge in [-0.2, -0.15) is 0 Å². The lowest BCUT2D eigenvalue weighted by atomic mass is 10.1. The lowest BCUT2D eigenvalue weighted by Crippen LogP contribution is -2.48. The maximum atomic E-state index is 11.9. The summed E-state index contributed by atoms with van der Waals surface area (Å²) in [6, 6.07) is 4.29. The molecule has 0 aliphatic carbocycles. The lowest BCUT2D eigenvalue weighted by molar-refractivity contribution is -0.122. The number of benzene rings is 1. The second-order valence-electron chi connectivity index (χ2n) is 5.07. The fourth-order valence-electron chi connectivity index (χ4n) is 2.09. The normalized spacial score (nSPS) is 14.9. The zero-order valence-corrected chi connectivity index (χ0v) is 12.9. The summed E-state index contributed by atoms with van der Waals surface area (Å²) in [5.74, 6) is 1.15. The second-order valence-corrected chi connectivity index (χ2v) is 5.07. The predicted octanol–water partition coefficient (Wildman–Crippen LogP) is 1.30. The molecule has 1 aliphatic rings. The van der Waals surface area contributed by atoms with E-state index in [-0.39, 0.29) is 18.7 Å². The third kappa shape index (κ3) is 3.81. The molecule has 1 heterocycles. The first-order valence-electron chi connectivity index (χ1n) is 7.25. The summed E-state index contributed by atoms with van der Waals surface area (Å²) >= 11 is 0. The number of hydrogen-bond donors (Lipinski definition) is 3. The van der Waals surface area contributed by atoms with Gasteiger partial charge in [0.15, 0.2) is 11.5 Å². The van der Waals surface area contributed by atoms with Crippen molar-refractivity contribution >= 4 is 11.9 Å². The summed E-state index contributed by atoms with van der Waals surface area (Å²) in [7, 11) is 0. The first-order valence-corrected chi connectivity index (χ1v) is 7.25. The van der Waals surface area contributed by atoms with Crippen molar-refractivity contribution in [3.63, 3.8) is 0 Å². The van der Waals surface area contributed by atoms with Gasteiger partial charge in [0.2, 0.25) is 12.7 Å². The zero-order chi connectivity index (χ0) is 16.1. The third-order valence-electron chi connectivity index (χ3n) is 3.34. The molecule has 120 valence electrons. The van der Waals surface area contributed by atoms with Crippen LogP contribution in [-0.2, 0) is 4.79 Å². The molecule has 2 rings (SSSR count). The molecule has 2 unspecified atom stereocenters. The molecule has 0 aromatic heterocycles. The van der Waals surface area contributed by atoms with Crippen LogP contribution in [0.4, 0.5) is 4.79 Å². The number of likely N-dealkylation sites (N-methyl/N-ethyl adjacent to an activating group) is 1. The van der Waals surface area contributed by atoms with Crippen LogP contribution in [0, 0.1) is 0 Å².